The first-order valence-electron chi connectivity index (χ1n) is 13.0. The number of aliphatic hydroxyl groups is 1. The third-order valence-corrected chi connectivity index (χ3v) is 9.11. The van der Waals surface area contributed by atoms with E-state index in [1.54, 1.807) is 6.20 Å². The van der Waals surface area contributed by atoms with Crippen molar-refractivity contribution in [2.45, 2.75) is 44.8 Å². The first-order valence-corrected chi connectivity index (χ1v) is 15.1. The number of nitrogens with one attached hydrogen (secondary N) is 1. The fraction of sp³-hybridized carbons (Fsp3) is 0.519. The van der Waals surface area contributed by atoms with Gasteiger partial charge in [0.05, 0.1) is 11.9 Å². The highest BCUT2D eigenvalue weighted by Crippen LogP contribution is 2.40. The Morgan fingerprint density at radius 2 is 1.89 bits per heavy atom. The third kappa shape index (κ3) is 4.72. The van der Waals surface area contributed by atoms with E-state index in [0.717, 1.165) is 48.9 Å². The van der Waals surface area contributed by atoms with E-state index in [1.807, 2.05) is 12.3 Å². The molecule has 2 aliphatic heterocycles. The van der Waals surface area contributed by atoms with Gasteiger partial charge in [0.1, 0.15) is 21.5 Å². The summed E-state index contributed by atoms with van der Waals surface area (Å²) in [6.45, 7) is 6.65. The Balaban J connectivity index is 1.25. The molecule has 0 amide bonds. The van der Waals surface area contributed by atoms with E-state index in [9.17, 15) is 13.5 Å². The number of fused-ring (bicyclic) bond motifs is 3. The maximum absolute atomic E-state index is 11.7. The van der Waals surface area contributed by atoms with Crippen molar-refractivity contribution in [3.05, 3.63) is 42.2 Å². The Morgan fingerprint density at radius 1 is 1.08 bits per heavy atom. The van der Waals surface area contributed by atoms with Gasteiger partial charge in [0.2, 0.25) is 5.95 Å². The van der Waals surface area contributed by atoms with Gasteiger partial charge in [-0.15, -0.1) is 0 Å². The molecule has 4 heterocycles. The van der Waals surface area contributed by atoms with E-state index < -0.39 is 9.84 Å². The van der Waals surface area contributed by atoms with Gasteiger partial charge in [0.25, 0.3) is 0 Å². The highest BCUT2D eigenvalue weighted by atomic mass is 32.2. The highest BCUT2D eigenvalue weighted by molar-refractivity contribution is 7.90. The molecule has 9 nitrogen and oxygen atoms in total. The van der Waals surface area contributed by atoms with Crippen molar-refractivity contribution in [3.8, 4) is 0 Å². The Bertz CT molecular complexity index is 1440. The molecular weight excluding hydrogens is 488 g/mol. The van der Waals surface area contributed by atoms with Crippen LogP contribution < -0.4 is 15.1 Å². The molecule has 0 radical (unpaired) electrons. The van der Waals surface area contributed by atoms with Crippen LogP contribution in [0, 0.1) is 11.8 Å². The van der Waals surface area contributed by atoms with Crippen LogP contribution in [0.1, 0.15) is 38.2 Å². The summed E-state index contributed by atoms with van der Waals surface area (Å²) in [6, 6.07) is 8.55. The maximum atomic E-state index is 11.7. The fourth-order valence-electron chi connectivity index (χ4n) is 6.25. The lowest BCUT2D eigenvalue weighted by Gasteiger charge is -2.41. The molecule has 1 aromatic carbocycles. The Hall–Kier alpha value is -2.98. The number of aromatic nitrogens is 3. The molecule has 1 aliphatic carbocycles. The summed E-state index contributed by atoms with van der Waals surface area (Å²) in [5, 5.41) is 15.7. The first kappa shape index (κ1) is 24.4. The van der Waals surface area contributed by atoms with Crippen molar-refractivity contribution in [1.82, 2.24) is 15.0 Å². The monoisotopic (exact) mass is 522 g/mol. The molecule has 1 saturated carbocycles. The average molecular weight is 523 g/mol. The van der Waals surface area contributed by atoms with Crippen LogP contribution in [0.15, 0.2) is 36.7 Å². The van der Waals surface area contributed by atoms with Crippen LogP contribution in [-0.4, -0.2) is 72.3 Å². The van der Waals surface area contributed by atoms with E-state index >= 15 is 0 Å². The smallest absolute Gasteiger partial charge is 0.227 e. The molecule has 2 bridgehead atoms. The van der Waals surface area contributed by atoms with E-state index in [1.165, 1.54) is 11.8 Å². The highest BCUT2D eigenvalue weighted by Gasteiger charge is 2.44. The minimum atomic E-state index is -2.97. The lowest BCUT2D eigenvalue weighted by molar-refractivity contribution is 0.126. The molecule has 6 rings (SSSR count). The molecule has 37 heavy (non-hydrogen) atoms. The van der Waals surface area contributed by atoms with E-state index in [4.69, 9.17) is 9.97 Å². The predicted octanol–water partition coefficient (Wildman–Crippen LogP) is 3.33. The van der Waals surface area contributed by atoms with Gasteiger partial charge < -0.3 is 20.2 Å². The fourth-order valence-corrected chi connectivity index (χ4v) is 7.32. The van der Waals surface area contributed by atoms with Gasteiger partial charge in [-0.2, -0.15) is 4.98 Å². The molecule has 3 aliphatic rings. The van der Waals surface area contributed by atoms with Crippen molar-refractivity contribution in [3.63, 3.8) is 0 Å². The number of benzene rings is 1. The molecule has 0 spiro atoms. The number of piperidine rings is 1. The van der Waals surface area contributed by atoms with Crippen LogP contribution in [0.2, 0.25) is 0 Å². The molecule has 2 saturated heterocycles. The summed E-state index contributed by atoms with van der Waals surface area (Å²) in [6.07, 6.45) is 6.56. The Kier molecular flexibility index (Phi) is 5.99. The number of nitrogens with zero attached hydrogens (tertiary/aromatic N) is 5. The van der Waals surface area contributed by atoms with Crippen LogP contribution in [-0.2, 0) is 9.84 Å². The van der Waals surface area contributed by atoms with Crippen LogP contribution in [0.25, 0.3) is 10.8 Å². The molecule has 3 aromatic rings. The molecule has 3 fully saturated rings. The van der Waals surface area contributed by atoms with Gasteiger partial charge in [0, 0.05) is 67.2 Å². The number of rotatable bonds is 7. The van der Waals surface area contributed by atoms with Gasteiger partial charge in [-0.25, -0.2) is 18.4 Å². The van der Waals surface area contributed by atoms with Crippen LogP contribution in [0.5, 0.6) is 0 Å². The topological polar surface area (TPSA) is 112 Å². The van der Waals surface area contributed by atoms with Crippen molar-refractivity contribution in [2.24, 2.45) is 11.8 Å². The first-order chi connectivity index (χ1) is 17.6. The zero-order valence-electron chi connectivity index (χ0n) is 21.5. The van der Waals surface area contributed by atoms with Crippen molar-refractivity contribution in [2.75, 3.05) is 46.8 Å². The summed E-state index contributed by atoms with van der Waals surface area (Å²) in [5.74, 6) is 3.15. The quantitative estimate of drug-likeness (QED) is 0.483. The number of aliphatic hydroxyl groups excluding tert-OH is 1. The molecular formula is C27H34N6O3S. The number of hydrogen-bond donors (Lipinski definition) is 2. The van der Waals surface area contributed by atoms with Gasteiger partial charge in [-0.05, 0) is 47.9 Å². The predicted molar refractivity (Wildman–Crippen MR) is 146 cm³/mol. The molecule has 2 aromatic heterocycles. The molecule has 196 valence electrons. The molecule has 10 heteroatoms. The van der Waals surface area contributed by atoms with Crippen LogP contribution in [0.3, 0.4) is 0 Å². The molecule has 2 N–H and O–H groups in total. The zero-order valence-corrected chi connectivity index (χ0v) is 22.3. The normalized spacial score (nSPS) is 23.8. The second-order valence-corrected chi connectivity index (χ2v) is 13.5. The summed E-state index contributed by atoms with van der Waals surface area (Å²) in [7, 11) is -2.97. The maximum Gasteiger partial charge on any atom is 0.227 e. The summed E-state index contributed by atoms with van der Waals surface area (Å²) < 4.78 is 23.4. The van der Waals surface area contributed by atoms with Gasteiger partial charge in [-0.1, -0.05) is 19.9 Å². The van der Waals surface area contributed by atoms with Crippen LogP contribution in [0.4, 0.5) is 23.3 Å². The van der Waals surface area contributed by atoms with E-state index in [0.29, 0.717) is 35.5 Å². The van der Waals surface area contributed by atoms with E-state index in [-0.39, 0.29) is 17.8 Å². The molecule has 3 atom stereocenters. The van der Waals surface area contributed by atoms with E-state index in [2.05, 4.69) is 52.1 Å². The summed E-state index contributed by atoms with van der Waals surface area (Å²) in [5.41, 5.74) is 2.34. The van der Waals surface area contributed by atoms with Gasteiger partial charge in [0.15, 0.2) is 0 Å². The minimum absolute atomic E-state index is 0.171. The van der Waals surface area contributed by atoms with Crippen molar-refractivity contribution < 1.29 is 13.5 Å². The van der Waals surface area contributed by atoms with Crippen LogP contribution >= 0.6 is 0 Å². The second-order valence-electron chi connectivity index (χ2n) is 11.3. The number of sulfone groups is 1. The number of hydrogen-bond acceptors (Lipinski definition) is 9. The minimum Gasteiger partial charge on any atom is -0.393 e. The lowest BCUT2D eigenvalue weighted by atomic mass is 9.93. The number of pyridine rings is 1. The van der Waals surface area contributed by atoms with Crippen molar-refractivity contribution >= 4 is 43.9 Å². The third-order valence-electron chi connectivity index (χ3n) is 8.03. The SMILES string of the molecule is CC(C)c1ccc(N2CC(CS(C)(=O)=O)C2)c2cnc(Nc3ccnc(N4C[C@H]5C[C@@H]4C[C@H]5O)n3)cc12. The summed E-state index contributed by atoms with van der Waals surface area (Å²) >= 11 is 0. The number of anilines is 4. The zero-order chi connectivity index (χ0) is 25.9. The second kappa shape index (κ2) is 9.09. The van der Waals surface area contributed by atoms with Gasteiger partial charge >= 0.3 is 0 Å². The standard InChI is InChI=1S/C27H34N6O3S/c1-16(2)20-4-5-23(32-12-17(13-32)15-37(3,35)36)22-11-29-26(10-21(20)22)30-25-6-7-28-27(31-25)33-14-18-8-19(33)9-24(18)34/h4-7,10-11,16-19,24,34H,8-9,12-15H2,1-3H3,(H,28,29,30,31)/t18-,19-,24-/m1/s1. The Morgan fingerprint density at radius 3 is 2.57 bits per heavy atom. The van der Waals surface area contributed by atoms with Gasteiger partial charge in [-0.3, -0.25) is 0 Å². The lowest BCUT2D eigenvalue weighted by Crippen LogP contribution is -2.49. The Labute approximate surface area is 217 Å². The molecule has 0 unspecified atom stereocenters. The largest absolute Gasteiger partial charge is 0.393 e. The summed E-state index contributed by atoms with van der Waals surface area (Å²) in [4.78, 5) is 18.4. The average Bonchev–Trinajstić information content (AvgIpc) is 3.40. The van der Waals surface area contributed by atoms with Crippen molar-refractivity contribution in [1.29, 1.82) is 0 Å².